The molecule has 0 aliphatic carbocycles. The van der Waals surface area contributed by atoms with Crippen molar-refractivity contribution in [3.05, 3.63) is 96.1 Å². The Morgan fingerprint density at radius 3 is 2.15 bits per heavy atom. The molecule has 0 bridgehead atoms. The van der Waals surface area contributed by atoms with Gasteiger partial charge in [0.15, 0.2) is 0 Å². The summed E-state index contributed by atoms with van der Waals surface area (Å²) in [5.41, 5.74) is 4.91. The van der Waals surface area contributed by atoms with Gasteiger partial charge in [0.05, 0.1) is 23.7 Å². The maximum Gasteiger partial charge on any atom is 0.204 e. The van der Waals surface area contributed by atoms with Crippen LogP contribution < -0.4 is 5.32 Å². The number of nitrogens with zero attached hydrogens (tertiary/aromatic N) is 3. The maximum absolute atomic E-state index is 5.64. The van der Waals surface area contributed by atoms with Gasteiger partial charge < -0.3 is 14.6 Å². The molecule has 1 aliphatic heterocycles. The second kappa shape index (κ2) is 10.9. The molecule has 5 heteroatoms. The van der Waals surface area contributed by atoms with Gasteiger partial charge in [0.1, 0.15) is 0 Å². The van der Waals surface area contributed by atoms with E-state index in [1.807, 2.05) is 6.92 Å². The summed E-state index contributed by atoms with van der Waals surface area (Å²) in [6.45, 7) is 6.37. The van der Waals surface area contributed by atoms with Crippen LogP contribution in [-0.4, -0.2) is 46.8 Å². The number of benzene rings is 3. The number of para-hydroxylation sites is 2. The van der Waals surface area contributed by atoms with Gasteiger partial charge in [-0.05, 0) is 43.0 Å². The topological polar surface area (TPSA) is 42.3 Å². The monoisotopic (exact) mass is 454 g/mol. The number of anilines is 1. The molecule has 34 heavy (non-hydrogen) atoms. The van der Waals surface area contributed by atoms with Crippen molar-refractivity contribution in [3.8, 4) is 0 Å². The molecule has 4 aromatic rings. The van der Waals surface area contributed by atoms with Gasteiger partial charge in [0.25, 0.3) is 0 Å². The van der Waals surface area contributed by atoms with Crippen LogP contribution in [0.25, 0.3) is 11.0 Å². The Morgan fingerprint density at radius 1 is 0.882 bits per heavy atom. The summed E-state index contributed by atoms with van der Waals surface area (Å²) >= 11 is 0. The summed E-state index contributed by atoms with van der Waals surface area (Å²) in [6, 6.07) is 30.9. The molecule has 0 saturated carbocycles. The normalized spacial score (nSPS) is 15.2. The third-order valence-electron chi connectivity index (χ3n) is 6.78. The van der Waals surface area contributed by atoms with Crippen LogP contribution in [-0.2, 0) is 11.3 Å². The summed E-state index contributed by atoms with van der Waals surface area (Å²) < 4.78 is 7.91. The zero-order valence-corrected chi connectivity index (χ0v) is 19.9. The van der Waals surface area contributed by atoms with E-state index >= 15 is 0 Å². The first-order valence-electron chi connectivity index (χ1n) is 12.5. The predicted octanol–water partition coefficient (Wildman–Crippen LogP) is 5.74. The molecule has 1 aliphatic rings. The van der Waals surface area contributed by atoms with Crippen molar-refractivity contribution in [3.63, 3.8) is 0 Å². The highest BCUT2D eigenvalue weighted by Crippen LogP contribution is 2.32. The van der Waals surface area contributed by atoms with Crippen molar-refractivity contribution >= 4 is 17.0 Å². The van der Waals surface area contributed by atoms with E-state index in [1.54, 1.807) is 0 Å². The molecule has 0 amide bonds. The summed E-state index contributed by atoms with van der Waals surface area (Å²) in [6.07, 6.45) is 2.18. The molecule has 0 spiro atoms. The highest BCUT2D eigenvalue weighted by Gasteiger charge is 2.28. The molecule has 1 aromatic heterocycles. The highest BCUT2D eigenvalue weighted by molar-refractivity contribution is 5.78. The maximum atomic E-state index is 5.64. The van der Waals surface area contributed by atoms with Gasteiger partial charge >= 0.3 is 0 Å². The number of fused-ring (bicyclic) bond motifs is 1. The van der Waals surface area contributed by atoms with Crippen LogP contribution in [0.1, 0.15) is 36.9 Å². The van der Waals surface area contributed by atoms with Crippen molar-refractivity contribution in [1.29, 1.82) is 0 Å². The minimum Gasteiger partial charge on any atom is -0.380 e. The molecular formula is C29H34N4O. The second-order valence-electron chi connectivity index (χ2n) is 8.95. The Kier molecular flexibility index (Phi) is 7.22. The lowest BCUT2D eigenvalue weighted by atomic mass is 9.94. The zero-order chi connectivity index (χ0) is 23.2. The van der Waals surface area contributed by atoms with E-state index in [4.69, 9.17) is 9.72 Å². The van der Waals surface area contributed by atoms with E-state index in [0.717, 1.165) is 56.1 Å². The quantitative estimate of drug-likeness (QED) is 0.328. The summed E-state index contributed by atoms with van der Waals surface area (Å²) in [5.74, 6) is 0.960. The molecule has 1 saturated heterocycles. The molecule has 3 aromatic carbocycles. The fourth-order valence-corrected chi connectivity index (χ4v) is 5.08. The molecule has 1 N–H and O–H groups in total. The molecule has 5 nitrogen and oxygen atoms in total. The van der Waals surface area contributed by atoms with E-state index in [0.29, 0.717) is 18.7 Å². The number of aromatic nitrogens is 2. The number of hydrogen-bond acceptors (Lipinski definition) is 4. The Labute approximate surface area is 202 Å². The van der Waals surface area contributed by atoms with Gasteiger partial charge in [-0.25, -0.2) is 4.98 Å². The van der Waals surface area contributed by atoms with E-state index in [1.165, 1.54) is 11.1 Å². The minimum absolute atomic E-state index is 0.291. The number of likely N-dealkylation sites (tertiary alicyclic amines) is 1. The summed E-state index contributed by atoms with van der Waals surface area (Å²) in [4.78, 5) is 7.54. The second-order valence-corrected chi connectivity index (χ2v) is 8.95. The van der Waals surface area contributed by atoms with Crippen molar-refractivity contribution in [2.24, 2.45) is 0 Å². The van der Waals surface area contributed by atoms with Crippen LogP contribution in [0.15, 0.2) is 84.9 Å². The third kappa shape index (κ3) is 5.01. The standard InChI is InChI=1S/C29H34N4O/c1-2-34-22-21-33-27-16-10-9-15-26(27)31-29(33)30-25-17-19-32(20-18-25)28(23-11-5-3-6-12-23)24-13-7-4-8-14-24/h3-16,25,28H,2,17-22H2,1H3,(H,30,31). The molecule has 0 radical (unpaired) electrons. The lowest BCUT2D eigenvalue weighted by Gasteiger charge is -2.38. The fourth-order valence-electron chi connectivity index (χ4n) is 5.08. The number of rotatable bonds is 9. The summed E-state index contributed by atoms with van der Waals surface area (Å²) in [7, 11) is 0. The molecule has 0 atom stereocenters. The van der Waals surface area contributed by atoms with Crippen LogP contribution in [0.4, 0.5) is 5.95 Å². The van der Waals surface area contributed by atoms with E-state index < -0.39 is 0 Å². The van der Waals surface area contributed by atoms with E-state index in [9.17, 15) is 0 Å². The molecule has 2 heterocycles. The highest BCUT2D eigenvalue weighted by atomic mass is 16.5. The number of ether oxygens (including phenoxy) is 1. The SMILES string of the molecule is CCOCCn1c(NC2CCN(C(c3ccccc3)c3ccccc3)CC2)nc2ccccc21. The van der Waals surface area contributed by atoms with Crippen molar-refractivity contribution in [2.75, 3.05) is 31.6 Å². The van der Waals surface area contributed by atoms with Crippen molar-refractivity contribution in [1.82, 2.24) is 14.5 Å². The number of hydrogen-bond donors (Lipinski definition) is 1. The van der Waals surface area contributed by atoms with Crippen molar-refractivity contribution in [2.45, 2.75) is 38.4 Å². The third-order valence-corrected chi connectivity index (χ3v) is 6.78. The molecule has 1 fully saturated rings. The number of nitrogens with one attached hydrogen (secondary N) is 1. The first-order valence-corrected chi connectivity index (χ1v) is 12.5. The van der Waals surface area contributed by atoms with Crippen LogP contribution >= 0.6 is 0 Å². The number of piperidine rings is 1. The first kappa shape index (κ1) is 22.6. The Balaban J connectivity index is 1.31. The summed E-state index contributed by atoms with van der Waals surface area (Å²) in [5, 5.41) is 3.77. The molecule has 5 rings (SSSR count). The minimum atomic E-state index is 0.291. The van der Waals surface area contributed by atoms with E-state index in [-0.39, 0.29) is 0 Å². The van der Waals surface area contributed by atoms with Crippen LogP contribution in [0.5, 0.6) is 0 Å². The molecule has 0 unspecified atom stereocenters. The Hall–Kier alpha value is -3.15. The van der Waals surface area contributed by atoms with E-state index in [2.05, 4.69) is 99.7 Å². The average Bonchev–Trinajstić information content (AvgIpc) is 3.24. The molecule has 176 valence electrons. The Bertz CT molecular complexity index is 1130. The smallest absolute Gasteiger partial charge is 0.204 e. The predicted molar refractivity (Wildman–Crippen MR) is 139 cm³/mol. The van der Waals surface area contributed by atoms with Crippen LogP contribution in [0, 0.1) is 0 Å². The largest absolute Gasteiger partial charge is 0.380 e. The lowest BCUT2D eigenvalue weighted by Crippen LogP contribution is -2.41. The van der Waals surface area contributed by atoms with Crippen LogP contribution in [0.3, 0.4) is 0 Å². The Morgan fingerprint density at radius 2 is 1.50 bits per heavy atom. The van der Waals surface area contributed by atoms with Gasteiger partial charge in [0, 0.05) is 32.3 Å². The van der Waals surface area contributed by atoms with Gasteiger partial charge in [-0.1, -0.05) is 72.8 Å². The van der Waals surface area contributed by atoms with Gasteiger partial charge in [-0.2, -0.15) is 0 Å². The lowest BCUT2D eigenvalue weighted by molar-refractivity contribution is 0.140. The van der Waals surface area contributed by atoms with Crippen LogP contribution in [0.2, 0.25) is 0 Å². The molecular weight excluding hydrogens is 420 g/mol. The zero-order valence-electron chi connectivity index (χ0n) is 19.9. The van der Waals surface area contributed by atoms with Gasteiger partial charge in [-0.3, -0.25) is 4.90 Å². The fraction of sp³-hybridized carbons (Fsp3) is 0.345. The van der Waals surface area contributed by atoms with Gasteiger partial charge in [0.2, 0.25) is 5.95 Å². The van der Waals surface area contributed by atoms with Crippen molar-refractivity contribution < 1.29 is 4.74 Å². The average molecular weight is 455 g/mol. The first-order chi connectivity index (χ1) is 16.8. The van der Waals surface area contributed by atoms with Gasteiger partial charge in [-0.15, -0.1) is 0 Å². The number of imidazole rings is 1.